The number of carbonyl (C=O) groups is 3. The molecule has 10 nitrogen and oxygen atoms in total. The second kappa shape index (κ2) is 13.1. The van der Waals surface area contributed by atoms with Gasteiger partial charge in [-0.3, -0.25) is 15.0 Å². The minimum absolute atomic E-state index is 0.00556. The Hall–Kier alpha value is -4.08. The highest BCUT2D eigenvalue weighted by atomic mass is 16.6. The molecule has 2 N–H and O–H groups in total. The normalized spacial score (nSPS) is 16.3. The van der Waals surface area contributed by atoms with E-state index >= 15 is 0 Å². The first-order valence-corrected chi connectivity index (χ1v) is 15.0. The van der Waals surface area contributed by atoms with Crippen molar-refractivity contribution in [1.29, 1.82) is 5.41 Å². The Labute approximate surface area is 254 Å². The summed E-state index contributed by atoms with van der Waals surface area (Å²) in [6.07, 6.45) is 2.04. The molecule has 0 saturated carbocycles. The maximum absolute atomic E-state index is 13.9. The molecule has 0 radical (unpaired) electrons. The third-order valence-electron chi connectivity index (χ3n) is 7.95. The molecular formula is C33H44N4O6. The molecule has 232 valence electrons. The Morgan fingerprint density at radius 1 is 1.07 bits per heavy atom. The van der Waals surface area contributed by atoms with Crippen LogP contribution in [0.25, 0.3) is 0 Å². The number of nitrogens with one attached hydrogen (secondary N) is 2. The number of anilines is 1. The Morgan fingerprint density at radius 2 is 1.81 bits per heavy atom. The van der Waals surface area contributed by atoms with E-state index in [0.29, 0.717) is 41.3 Å². The number of hydrogen-bond donors (Lipinski definition) is 2. The molecule has 4 rings (SSSR count). The van der Waals surface area contributed by atoms with Crippen molar-refractivity contribution < 1.29 is 28.6 Å². The topological polar surface area (TPSA) is 121 Å². The van der Waals surface area contributed by atoms with Crippen LogP contribution in [0, 0.1) is 5.41 Å². The van der Waals surface area contributed by atoms with Crippen molar-refractivity contribution in [1.82, 2.24) is 10.2 Å². The van der Waals surface area contributed by atoms with Gasteiger partial charge in [0, 0.05) is 42.9 Å². The van der Waals surface area contributed by atoms with Crippen molar-refractivity contribution in [2.24, 2.45) is 0 Å². The Morgan fingerprint density at radius 3 is 2.42 bits per heavy atom. The van der Waals surface area contributed by atoms with E-state index in [1.54, 1.807) is 31.0 Å². The first kappa shape index (κ1) is 31.8. The van der Waals surface area contributed by atoms with E-state index in [-0.39, 0.29) is 48.7 Å². The summed E-state index contributed by atoms with van der Waals surface area (Å²) in [5, 5.41) is 11.5. The minimum atomic E-state index is -0.442. The van der Waals surface area contributed by atoms with E-state index < -0.39 is 5.97 Å². The zero-order valence-electron chi connectivity index (χ0n) is 26.4. The molecule has 2 aliphatic rings. The maximum atomic E-state index is 13.9. The summed E-state index contributed by atoms with van der Waals surface area (Å²) in [5.74, 6) is 0.371. The smallest absolute Gasteiger partial charge is 0.344 e. The van der Waals surface area contributed by atoms with Gasteiger partial charge in [-0.25, -0.2) is 4.79 Å². The van der Waals surface area contributed by atoms with Crippen molar-refractivity contribution >= 4 is 29.2 Å². The molecule has 2 aliphatic heterocycles. The predicted octanol–water partition coefficient (Wildman–Crippen LogP) is 4.70. The third kappa shape index (κ3) is 6.78. The zero-order chi connectivity index (χ0) is 31.5. The van der Waals surface area contributed by atoms with Crippen LogP contribution in [0.15, 0.2) is 24.3 Å². The molecule has 1 unspecified atom stereocenters. The van der Waals surface area contributed by atoms with Crippen LogP contribution in [-0.2, 0) is 21.5 Å². The average molecular weight is 593 g/mol. The van der Waals surface area contributed by atoms with Crippen molar-refractivity contribution in [2.45, 2.75) is 72.4 Å². The van der Waals surface area contributed by atoms with E-state index in [4.69, 9.17) is 19.6 Å². The quantitative estimate of drug-likeness (QED) is 0.285. The molecule has 0 aliphatic carbocycles. The summed E-state index contributed by atoms with van der Waals surface area (Å²) in [6.45, 7) is 13.5. The molecule has 2 aromatic rings. The number of ether oxygens (including phenoxy) is 3. The summed E-state index contributed by atoms with van der Waals surface area (Å²) < 4.78 is 17.0. The van der Waals surface area contributed by atoms with Gasteiger partial charge >= 0.3 is 5.97 Å². The summed E-state index contributed by atoms with van der Waals surface area (Å²) in [4.78, 5) is 42.6. The molecular weight excluding hydrogens is 548 g/mol. The SMILES string of the molecule is CCOC(=O)COc1c(N2CCCC2C)cc(C(=O)CN2Cc3cc(OCC)c(C(=O)NC)cc3C2=N)cc1C(C)(C)C. The predicted molar refractivity (Wildman–Crippen MR) is 166 cm³/mol. The Bertz CT molecular complexity index is 1410. The molecule has 1 amide bonds. The van der Waals surface area contributed by atoms with Crippen molar-refractivity contribution in [2.75, 3.05) is 44.9 Å². The number of amides is 1. The molecule has 1 fully saturated rings. The number of esters is 1. The largest absolute Gasteiger partial charge is 0.493 e. The first-order chi connectivity index (χ1) is 20.4. The summed E-state index contributed by atoms with van der Waals surface area (Å²) in [6, 6.07) is 7.44. The molecule has 0 spiro atoms. The van der Waals surface area contributed by atoms with E-state index in [0.717, 1.165) is 36.2 Å². The first-order valence-electron chi connectivity index (χ1n) is 15.0. The lowest BCUT2D eigenvalue weighted by Crippen LogP contribution is -2.32. The molecule has 2 heterocycles. The van der Waals surface area contributed by atoms with E-state index in [9.17, 15) is 14.4 Å². The number of carbonyl (C=O) groups excluding carboxylic acids is 3. The van der Waals surface area contributed by atoms with Crippen LogP contribution >= 0.6 is 0 Å². The van der Waals surface area contributed by atoms with Gasteiger partial charge in [0.25, 0.3) is 5.91 Å². The van der Waals surface area contributed by atoms with Gasteiger partial charge in [0.15, 0.2) is 12.4 Å². The highest BCUT2D eigenvalue weighted by Gasteiger charge is 2.33. The molecule has 10 heteroatoms. The minimum Gasteiger partial charge on any atom is -0.493 e. The number of amidine groups is 1. The number of benzene rings is 2. The van der Waals surface area contributed by atoms with Gasteiger partial charge in [-0.2, -0.15) is 0 Å². The lowest BCUT2D eigenvalue weighted by Gasteiger charge is -2.31. The highest BCUT2D eigenvalue weighted by Crippen LogP contribution is 2.43. The number of fused-ring (bicyclic) bond motifs is 1. The second-order valence-electron chi connectivity index (χ2n) is 12.0. The fraction of sp³-hybridized carbons (Fsp3) is 0.515. The molecule has 1 saturated heterocycles. The third-order valence-corrected chi connectivity index (χ3v) is 7.95. The molecule has 1 atom stereocenters. The number of hydrogen-bond acceptors (Lipinski definition) is 8. The van der Waals surface area contributed by atoms with Crippen LogP contribution < -0.4 is 19.7 Å². The van der Waals surface area contributed by atoms with E-state index in [2.05, 4.69) is 37.9 Å². The van der Waals surface area contributed by atoms with Crippen LogP contribution in [0.3, 0.4) is 0 Å². The van der Waals surface area contributed by atoms with Gasteiger partial charge < -0.3 is 29.3 Å². The standard InChI is InChI=1S/C33H44N4O6/c1-8-41-28-15-22-17-36(31(34)23(22)16-24(28)32(40)35-7)18-27(38)21-13-25(33(4,5)6)30(43-19-29(39)42-9-2)26(14-21)37-12-10-11-20(37)3/h13-16,20,34H,8-12,17-19H2,1-7H3,(H,35,40). The fourth-order valence-electron chi connectivity index (χ4n) is 5.74. The molecule has 43 heavy (non-hydrogen) atoms. The monoisotopic (exact) mass is 592 g/mol. The molecule has 0 bridgehead atoms. The van der Waals surface area contributed by atoms with Crippen LogP contribution in [0.2, 0.25) is 0 Å². The number of ketones is 1. The Balaban J connectivity index is 1.68. The van der Waals surface area contributed by atoms with Crippen molar-refractivity contribution in [3.63, 3.8) is 0 Å². The number of rotatable bonds is 11. The van der Waals surface area contributed by atoms with Gasteiger partial charge in [-0.05, 0) is 68.9 Å². The highest BCUT2D eigenvalue weighted by molar-refractivity contribution is 6.08. The van der Waals surface area contributed by atoms with Gasteiger partial charge in [0.2, 0.25) is 0 Å². The summed E-state index contributed by atoms with van der Waals surface area (Å²) in [7, 11) is 1.55. The van der Waals surface area contributed by atoms with Gasteiger partial charge in [-0.1, -0.05) is 20.8 Å². The van der Waals surface area contributed by atoms with Gasteiger partial charge in [0.1, 0.15) is 17.3 Å². The lowest BCUT2D eigenvalue weighted by molar-refractivity contribution is -0.145. The zero-order valence-corrected chi connectivity index (χ0v) is 26.4. The maximum Gasteiger partial charge on any atom is 0.344 e. The average Bonchev–Trinajstić information content (AvgIpc) is 3.52. The number of nitrogens with zero attached hydrogens (tertiary/aromatic N) is 2. The van der Waals surface area contributed by atoms with E-state index in [1.807, 2.05) is 19.1 Å². The molecule has 0 aromatic heterocycles. The van der Waals surface area contributed by atoms with Crippen molar-refractivity contribution in [3.8, 4) is 11.5 Å². The van der Waals surface area contributed by atoms with Crippen LogP contribution in [-0.4, -0.2) is 74.4 Å². The summed E-state index contributed by atoms with van der Waals surface area (Å²) >= 11 is 0. The second-order valence-corrected chi connectivity index (χ2v) is 12.0. The molecule has 2 aromatic carbocycles. The fourth-order valence-corrected chi connectivity index (χ4v) is 5.74. The van der Waals surface area contributed by atoms with Crippen LogP contribution in [0.4, 0.5) is 5.69 Å². The van der Waals surface area contributed by atoms with Crippen LogP contribution in [0.1, 0.15) is 91.8 Å². The summed E-state index contributed by atoms with van der Waals surface area (Å²) in [5.41, 5.74) is 3.55. The number of Topliss-reactive ketones (excluding diaryl/α,β-unsaturated/α-hetero) is 1. The van der Waals surface area contributed by atoms with E-state index in [1.165, 1.54) is 0 Å². The van der Waals surface area contributed by atoms with Gasteiger partial charge in [0.05, 0.1) is 31.0 Å². The van der Waals surface area contributed by atoms with Crippen molar-refractivity contribution in [3.05, 3.63) is 52.1 Å². The van der Waals surface area contributed by atoms with Crippen LogP contribution in [0.5, 0.6) is 11.5 Å². The Kier molecular flexibility index (Phi) is 9.67. The van der Waals surface area contributed by atoms with Gasteiger partial charge in [-0.15, -0.1) is 0 Å². The lowest BCUT2D eigenvalue weighted by atomic mass is 9.84.